The second-order valence-corrected chi connectivity index (χ2v) is 9.65. The zero-order valence-corrected chi connectivity index (χ0v) is 16.5. The van der Waals surface area contributed by atoms with Gasteiger partial charge in [-0.2, -0.15) is 0 Å². The number of carbonyl (C=O) groups excluding carboxylic acids is 1. The Hall–Kier alpha value is -2.25. The maximum Gasteiger partial charge on any atom is 0.241 e. The molecule has 0 N–H and O–H groups in total. The topological polar surface area (TPSA) is 57.7 Å². The van der Waals surface area contributed by atoms with Crippen LogP contribution in [0.3, 0.4) is 0 Å². The standard InChI is InChI=1S/C21H23FN2O3S/c1-2-15-7-9-17(10-8-15)24-20-14-28(26,27)13-19(20)23(12-21(24)25)11-16-5-3-4-6-18(16)22/h3-10,19-20H,2,11-14H2,1H3. The van der Waals surface area contributed by atoms with Gasteiger partial charge in [0.25, 0.3) is 0 Å². The number of piperazine rings is 1. The van der Waals surface area contributed by atoms with Crippen LogP contribution in [0.4, 0.5) is 10.1 Å². The molecule has 2 aromatic carbocycles. The summed E-state index contributed by atoms with van der Waals surface area (Å²) < 4.78 is 38.9. The highest BCUT2D eigenvalue weighted by Gasteiger charge is 2.49. The van der Waals surface area contributed by atoms with Gasteiger partial charge in [-0.3, -0.25) is 9.69 Å². The van der Waals surface area contributed by atoms with E-state index in [9.17, 15) is 17.6 Å². The first kappa shape index (κ1) is 19.1. The fourth-order valence-electron chi connectivity index (χ4n) is 4.20. The van der Waals surface area contributed by atoms with Crippen LogP contribution >= 0.6 is 0 Å². The van der Waals surface area contributed by atoms with E-state index in [0.29, 0.717) is 5.56 Å². The number of carbonyl (C=O) groups is 1. The molecule has 0 bridgehead atoms. The van der Waals surface area contributed by atoms with E-state index in [4.69, 9.17) is 0 Å². The number of anilines is 1. The number of sulfone groups is 1. The average Bonchev–Trinajstić information content (AvgIpc) is 2.99. The lowest BCUT2D eigenvalue weighted by molar-refractivity contribution is -0.123. The summed E-state index contributed by atoms with van der Waals surface area (Å²) in [5, 5.41) is 0. The number of aryl methyl sites for hydroxylation is 1. The van der Waals surface area contributed by atoms with E-state index >= 15 is 0 Å². The molecule has 7 heteroatoms. The van der Waals surface area contributed by atoms with Gasteiger partial charge in [0.2, 0.25) is 5.91 Å². The minimum Gasteiger partial charge on any atom is -0.306 e. The molecule has 5 nitrogen and oxygen atoms in total. The van der Waals surface area contributed by atoms with Crippen molar-refractivity contribution in [3.8, 4) is 0 Å². The molecule has 0 spiro atoms. The summed E-state index contributed by atoms with van der Waals surface area (Å²) in [5.41, 5.74) is 2.35. The summed E-state index contributed by atoms with van der Waals surface area (Å²) in [6.45, 7) is 2.35. The van der Waals surface area contributed by atoms with Gasteiger partial charge in [-0.05, 0) is 30.2 Å². The molecule has 0 radical (unpaired) electrons. The number of nitrogens with zero attached hydrogens (tertiary/aromatic N) is 2. The first-order valence-electron chi connectivity index (χ1n) is 9.47. The normalized spacial score (nSPS) is 24.4. The molecule has 0 saturated carbocycles. The van der Waals surface area contributed by atoms with E-state index in [1.54, 1.807) is 23.1 Å². The lowest BCUT2D eigenvalue weighted by Crippen LogP contribution is -2.61. The molecule has 2 atom stereocenters. The molecule has 2 unspecified atom stereocenters. The molecule has 2 saturated heterocycles. The Labute approximate surface area is 164 Å². The Morgan fingerprint density at radius 1 is 1.04 bits per heavy atom. The summed E-state index contributed by atoms with van der Waals surface area (Å²) in [6, 6.07) is 13.3. The lowest BCUT2D eigenvalue weighted by Gasteiger charge is -2.43. The van der Waals surface area contributed by atoms with E-state index in [2.05, 4.69) is 6.92 Å². The van der Waals surface area contributed by atoms with E-state index in [1.807, 2.05) is 29.2 Å². The molecular weight excluding hydrogens is 379 g/mol. The van der Waals surface area contributed by atoms with Gasteiger partial charge in [0.1, 0.15) is 5.82 Å². The van der Waals surface area contributed by atoms with Crippen LogP contribution in [0.2, 0.25) is 0 Å². The minimum atomic E-state index is -3.27. The maximum atomic E-state index is 14.1. The second kappa shape index (κ2) is 7.29. The fraction of sp³-hybridized carbons (Fsp3) is 0.381. The summed E-state index contributed by atoms with van der Waals surface area (Å²) >= 11 is 0. The average molecular weight is 402 g/mol. The van der Waals surface area contributed by atoms with Crippen LogP contribution in [-0.4, -0.2) is 49.4 Å². The van der Waals surface area contributed by atoms with Gasteiger partial charge in [0, 0.05) is 23.8 Å². The maximum absolute atomic E-state index is 14.1. The van der Waals surface area contributed by atoms with Gasteiger partial charge in [-0.1, -0.05) is 37.3 Å². The number of amides is 1. The largest absolute Gasteiger partial charge is 0.306 e. The van der Waals surface area contributed by atoms with Crippen molar-refractivity contribution in [2.45, 2.75) is 32.0 Å². The first-order chi connectivity index (χ1) is 13.4. The van der Waals surface area contributed by atoms with Crippen LogP contribution in [0, 0.1) is 5.82 Å². The molecule has 1 amide bonds. The third kappa shape index (κ3) is 3.56. The molecule has 0 aromatic heterocycles. The fourth-order valence-corrected chi connectivity index (χ4v) is 6.19. The van der Waals surface area contributed by atoms with Gasteiger partial charge in [0.15, 0.2) is 9.84 Å². The summed E-state index contributed by atoms with van der Waals surface area (Å²) in [4.78, 5) is 16.4. The summed E-state index contributed by atoms with van der Waals surface area (Å²) in [6.07, 6.45) is 0.894. The van der Waals surface area contributed by atoms with Gasteiger partial charge >= 0.3 is 0 Å². The molecule has 4 rings (SSSR count). The number of rotatable bonds is 4. The van der Waals surface area contributed by atoms with Crippen LogP contribution in [0.25, 0.3) is 0 Å². The molecule has 28 heavy (non-hydrogen) atoms. The van der Waals surface area contributed by atoms with Crippen molar-refractivity contribution >= 4 is 21.4 Å². The van der Waals surface area contributed by atoms with E-state index in [-0.39, 0.29) is 42.4 Å². The van der Waals surface area contributed by atoms with Crippen LogP contribution in [-0.2, 0) is 27.6 Å². The van der Waals surface area contributed by atoms with Crippen molar-refractivity contribution in [1.29, 1.82) is 0 Å². The third-order valence-corrected chi connectivity index (χ3v) is 7.35. The van der Waals surface area contributed by atoms with Crippen molar-refractivity contribution in [2.24, 2.45) is 0 Å². The zero-order chi connectivity index (χ0) is 19.9. The van der Waals surface area contributed by atoms with Gasteiger partial charge < -0.3 is 4.90 Å². The SMILES string of the molecule is CCc1ccc(N2C(=O)CN(Cc3ccccc3F)C3CS(=O)(=O)CC32)cc1. The molecule has 2 fully saturated rings. The monoisotopic (exact) mass is 402 g/mol. The molecule has 148 valence electrons. The Morgan fingerprint density at radius 2 is 1.71 bits per heavy atom. The Balaban J connectivity index is 1.66. The number of halogens is 1. The first-order valence-corrected chi connectivity index (χ1v) is 11.3. The second-order valence-electron chi connectivity index (χ2n) is 7.49. The summed E-state index contributed by atoms with van der Waals surface area (Å²) in [5.74, 6) is -0.570. The predicted octanol–water partition coefficient (Wildman–Crippen LogP) is 2.40. The van der Waals surface area contributed by atoms with E-state index in [0.717, 1.165) is 17.7 Å². The predicted molar refractivity (Wildman–Crippen MR) is 106 cm³/mol. The number of hydrogen-bond donors (Lipinski definition) is 0. The van der Waals surface area contributed by atoms with Gasteiger partial charge in [-0.15, -0.1) is 0 Å². The Morgan fingerprint density at radius 3 is 2.39 bits per heavy atom. The quantitative estimate of drug-likeness (QED) is 0.788. The minimum absolute atomic E-state index is 0.0110. The van der Waals surface area contributed by atoms with E-state index < -0.39 is 15.9 Å². The van der Waals surface area contributed by atoms with E-state index in [1.165, 1.54) is 6.07 Å². The number of hydrogen-bond acceptors (Lipinski definition) is 4. The Bertz CT molecular complexity index is 991. The highest BCUT2D eigenvalue weighted by Crippen LogP contribution is 2.32. The molecule has 0 aliphatic carbocycles. The lowest BCUT2D eigenvalue weighted by atomic mass is 10.0. The summed E-state index contributed by atoms with van der Waals surface area (Å²) in [7, 11) is -3.27. The van der Waals surface area contributed by atoms with Crippen LogP contribution in [0.15, 0.2) is 48.5 Å². The molecule has 2 heterocycles. The van der Waals surface area contributed by atoms with Crippen molar-refractivity contribution < 1.29 is 17.6 Å². The smallest absolute Gasteiger partial charge is 0.241 e. The molecule has 2 aliphatic rings. The van der Waals surface area contributed by atoms with Crippen LogP contribution in [0.5, 0.6) is 0 Å². The third-order valence-electron chi connectivity index (χ3n) is 5.66. The number of fused-ring (bicyclic) bond motifs is 1. The van der Waals surface area contributed by atoms with Gasteiger partial charge in [-0.25, -0.2) is 12.8 Å². The zero-order valence-electron chi connectivity index (χ0n) is 15.7. The molecule has 2 aromatic rings. The van der Waals surface area contributed by atoms with Crippen molar-refractivity contribution in [2.75, 3.05) is 23.0 Å². The highest BCUT2D eigenvalue weighted by atomic mass is 32.2. The van der Waals surface area contributed by atoms with Crippen molar-refractivity contribution in [1.82, 2.24) is 4.90 Å². The van der Waals surface area contributed by atoms with Crippen molar-refractivity contribution in [3.05, 3.63) is 65.5 Å². The molecular formula is C21H23FN2O3S. The van der Waals surface area contributed by atoms with Crippen LogP contribution < -0.4 is 4.90 Å². The highest BCUT2D eigenvalue weighted by molar-refractivity contribution is 7.91. The van der Waals surface area contributed by atoms with Crippen molar-refractivity contribution in [3.63, 3.8) is 0 Å². The van der Waals surface area contributed by atoms with Crippen LogP contribution in [0.1, 0.15) is 18.1 Å². The Kier molecular flexibility index (Phi) is 4.97. The molecule has 2 aliphatic heterocycles. The van der Waals surface area contributed by atoms with Gasteiger partial charge in [0.05, 0.1) is 24.1 Å². The number of benzene rings is 2.